The van der Waals surface area contributed by atoms with Gasteiger partial charge in [-0.05, 0) is 6.07 Å². The molecule has 3 nitrogen and oxygen atoms in total. The Bertz CT molecular complexity index is 272. The van der Waals surface area contributed by atoms with E-state index in [-0.39, 0.29) is 0 Å². The van der Waals surface area contributed by atoms with Gasteiger partial charge in [-0.2, -0.15) is 0 Å². The molecule has 0 aliphatic carbocycles. The van der Waals surface area contributed by atoms with Crippen LogP contribution >= 0.6 is 0 Å². The molecule has 0 aromatic heterocycles. The molecule has 1 heterocycles. The van der Waals surface area contributed by atoms with Crippen molar-refractivity contribution in [3.05, 3.63) is 29.8 Å². The Labute approximate surface area is 63.9 Å². The highest BCUT2D eigenvalue weighted by Crippen LogP contribution is 2.34. The topological polar surface area (TPSA) is 49.7 Å². The summed E-state index contributed by atoms with van der Waals surface area (Å²) in [6.45, 7) is 0. The number of hydrogen-bond acceptors (Lipinski definition) is 3. The second kappa shape index (κ2) is 2.22. The predicted molar refractivity (Wildman–Crippen MR) is 38.0 cm³/mol. The Hall–Kier alpha value is -1.06. The number of benzene rings is 1. The van der Waals surface area contributed by atoms with Crippen LogP contribution in [0.1, 0.15) is 11.7 Å². The molecule has 0 radical (unpaired) electrons. The molecule has 1 aromatic rings. The molecule has 3 heteroatoms. The van der Waals surface area contributed by atoms with Crippen molar-refractivity contribution in [3.63, 3.8) is 0 Å². The molecule has 2 atom stereocenters. The minimum Gasteiger partial charge on any atom is -0.462 e. The second-order valence-corrected chi connectivity index (χ2v) is 2.49. The molecule has 0 unspecified atom stereocenters. The fraction of sp³-hybridized carbons (Fsp3) is 0.250. The van der Waals surface area contributed by atoms with Crippen molar-refractivity contribution in [2.45, 2.75) is 12.4 Å². The first-order valence-corrected chi connectivity index (χ1v) is 3.41. The van der Waals surface area contributed by atoms with Gasteiger partial charge in [0, 0.05) is 5.56 Å². The summed E-state index contributed by atoms with van der Waals surface area (Å²) in [6, 6.07) is 7.04. The largest absolute Gasteiger partial charge is 0.462 e. The van der Waals surface area contributed by atoms with Gasteiger partial charge in [-0.3, -0.25) is 0 Å². The van der Waals surface area contributed by atoms with E-state index in [1.165, 1.54) is 0 Å². The molecule has 0 saturated carbocycles. The van der Waals surface area contributed by atoms with E-state index in [9.17, 15) is 5.11 Å². The third kappa shape index (κ3) is 0.895. The number of fused-ring (bicyclic) bond motifs is 1. The lowest BCUT2D eigenvalue weighted by molar-refractivity contribution is -0.0827. The molecule has 0 saturated heterocycles. The molecule has 0 amide bonds. The van der Waals surface area contributed by atoms with Crippen LogP contribution in [0.15, 0.2) is 24.3 Å². The van der Waals surface area contributed by atoms with Gasteiger partial charge < -0.3 is 14.9 Å². The van der Waals surface area contributed by atoms with Gasteiger partial charge in [0.15, 0.2) is 0 Å². The third-order valence-corrected chi connectivity index (χ3v) is 1.76. The van der Waals surface area contributed by atoms with Crippen molar-refractivity contribution < 1.29 is 14.9 Å². The number of hydrogen-bond donors (Lipinski definition) is 2. The summed E-state index contributed by atoms with van der Waals surface area (Å²) >= 11 is 0. The Morgan fingerprint density at radius 3 is 2.64 bits per heavy atom. The summed E-state index contributed by atoms with van der Waals surface area (Å²) in [6.07, 6.45) is -2.00. The van der Waals surface area contributed by atoms with Crippen LogP contribution in [0.4, 0.5) is 0 Å². The van der Waals surface area contributed by atoms with Gasteiger partial charge in [0.2, 0.25) is 6.29 Å². The zero-order valence-corrected chi connectivity index (χ0v) is 5.77. The highest BCUT2D eigenvalue weighted by molar-refractivity contribution is 5.38. The van der Waals surface area contributed by atoms with Crippen LogP contribution in [0.5, 0.6) is 5.75 Å². The number of aliphatic hydroxyl groups excluding tert-OH is 2. The maximum absolute atomic E-state index is 9.27. The van der Waals surface area contributed by atoms with Gasteiger partial charge in [0.25, 0.3) is 0 Å². The number of para-hydroxylation sites is 1. The van der Waals surface area contributed by atoms with E-state index in [0.717, 1.165) is 0 Å². The predicted octanol–water partition coefficient (Wildman–Crippen LogP) is 0.431. The van der Waals surface area contributed by atoms with E-state index >= 15 is 0 Å². The van der Waals surface area contributed by atoms with Crippen LogP contribution in [-0.4, -0.2) is 16.5 Å². The zero-order valence-electron chi connectivity index (χ0n) is 5.77. The quantitative estimate of drug-likeness (QED) is 0.566. The molecule has 2 rings (SSSR count). The first kappa shape index (κ1) is 6.64. The van der Waals surface area contributed by atoms with Crippen LogP contribution < -0.4 is 4.74 Å². The van der Waals surface area contributed by atoms with Gasteiger partial charge >= 0.3 is 0 Å². The summed E-state index contributed by atoms with van der Waals surface area (Å²) in [5, 5.41) is 18.3. The van der Waals surface area contributed by atoms with E-state index in [4.69, 9.17) is 9.84 Å². The van der Waals surface area contributed by atoms with E-state index in [0.29, 0.717) is 11.3 Å². The molecule has 2 N–H and O–H groups in total. The fourth-order valence-electron chi connectivity index (χ4n) is 1.18. The average Bonchev–Trinajstić information content (AvgIpc) is 2.30. The molecule has 0 bridgehead atoms. The smallest absolute Gasteiger partial charge is 0.228 e. The lowest BCUT2D eigenvalue weighted by Crippen LogP contribution is -2.16. The highest BCUT2D eigenvalue weighted by atomic mass is 16.6. The van der Waals surface area contributed by atoms with Crippen LogP contribution in [0.2, 0.25) is 0 Å². The van der Waals surface area contributed by atoms with E-state index in [2.05, 4.69) is 0 Å². The lowest BCUT2D eigenvalue weighted by atomic mass is 10.1. The summed E-state index contributed by atoms with van der Waals surface area (Å²) in [5.41, 5.74) is 0.653. The van der Waals surface area contributed by atoms with Gasteiger partial charge in [-0.15, -0.1) is 0 Å². The summed E-state index contributed by atoms with van der Waals surface area (Å²) in [7, 11) is 0. The Morgan fingerprint density at radius 2 is 1.91 bits per heavy atom. The molecular formula is C8H8O3. The first-order chi connectivity index (χ1) is 5.29. The minimum absolute atomic E-state index is 0.563. The van der Waals surface area contributed by atoms with Crippen molar-refractivity contribution >= 4 is 0 Å². The zero-order chi connectivity index (χ0) is 7.84. The molecule has 1 aliphatic heterocycles. The van der Waals surface area contributed by atoms with E-state index in [1.807, 2.05) is 0 Å². The molecule has 0 spiro atoms. The minimum atomic E-state index is -1.10. The first-order valence-electron chi connectivity index (χ1n) is 3.41. The molecule has 1 aliphatic rings. The highest BCUT2D eigenvalue weighted by Gasteiger charge is 2.30. The summed E-state index contributed by atoms with van der Waals surface area (Å²) in [5.74, 6) is 0.563. The Kier molecular flexibility index (Phi) is 1.34. The summed E-state index contributed by atoms with van der Waals surface area (Å²) < 4.78 is 4.92. The van der Waals surface area contributed by atoms with E-state index in [1.54, 1.807) is 24.3 Å². The standard InChI is InChI=1S/C8H8O3/c9-7-5-3-1-2-4-6(5)11-8(7)10/h1-4,7-10H/t7-,8+/m1/s1. The van der Waals surface area contributed by atoms with Crippen molar-refractivity contribution in [2.24, 2.45) is 0 Å². The molecular weight excluding hydrogens is 144 g/mol. The molecule has 1 aromatic carbocycles. The lowest BCUT2D eigenvalue weighted by Gasteiger charge is -2.04. The van der Waals surface area contributed by atoms with Crippen LogP contribution in [0.3, 0.4) is 0 Å². The SMILES string of the molecule is O[C@@H]1c2ccccc2O[C@@H]1O. The fourth-order valence-corrected chi connectivity index (χ4v) is 1.18. The van der Waals surface area contributed by atoms with Gasteiger partial charge in [-0.25, -0.2) is 0 Å². The Morgan fingerprint density at radius 1 is 1.18 bits per heavy atom. The van der Waals surface area contributed by atoms with Gasteiger partial charge in [0.05, 0.1) is 0 Å². The van der Waals surface area contributed by atoms with Gasteiger partial charge in [-0.1, -0.05) is 18.2 Å². The van der Waals surface area contributed by atoms with E-state index < -0.39 is 12.4 Å². The van der Waals surface area contributed by atoms with Crippen LogP contribution in [0, 0.1) is 0 Å². The van der Waals surface area contributed by atoms with Crippen molar-refractivity contribution in [1.29, 1.82) is 0 Å². The molecule has 11 heavy (non-hydrogen) atoms. The number of ether oxygens (including phenoxy) is 1. The summed E-state index contributed by atoms with van der Waals surface area (Å²) in [4.78, 5) is 0. The molecule has 58 valence electrons. The third-order valence-electron chi connectivity index (χ3n) is 1.76. The number of aliphatic hydroxyl groups is 2. The maximum Gasteiger partial charge on any atom is 0.228 e. The average molecular weight is 152 g/mol. The maximum atomic E-state index is 9.27. The molecule has 0 fully saturated rings. The Balaban J connectivity index is 2.47. The van der Waals surface area contributed by atoms with Gasteiger partial charge in [0.1, 0.15) is 11.9 Å². The van der Waals surface area contributed by atoms with Crippen LogP contribution in [-0.2, 0) is 0 Å². The number of rotatable bonds is 0. The monoisotopic (exact) mass is 152 g/mol. The normalized spacial score (nSPS) is 27.8. The van der Waals surface area contributed by atoms with Crippen molar-refractivity contribution in [3.8, 4) is 5.75 Å². The van der Waals surface area contributed by atoms with Crippen molar-refractivity contribution in [2.75, 3.05) is 0 Å². The van der Waals surface area contributed by atoms with Crippen molar-refractivity contribution in [1.82, 2.24) is 0 Å². The second-order valence-electron chi connectivity index (χ2n) is 2.49. The van der Waals surface area contributed by atoms with Crippen LogP contribution in [0.25, 0.3) is 0 Å².